The Labute approximate surface area is 268 Å². The second-order valence-electron chi connectivity index (χ2n) is 13.1. The minimum absolute atomic E-state index is 0.0343. The Morgan fingerprint density at radius 2 is 1.94 bits per heavy atom. The van der Waals surface area contributed by atoms with E-state index in [9.17, 15) is 31.5 Å². The molecule has 0 radical (unpaired) electrons. The molecule has 0 aromatic carbocycles. The summed E-state index contributed by atoms with van der Waals surface area (Å²) in [6, 6.07) is 0.678. The summed E-state index contributed by atoms with van der Waals surface area (Å²) >= 11 is 0. The number of nitrogens with zero attached hydrogens (tertiary/aromatic N) is 7. The van der Waals surface area contributed by atoms with Gasteiger partial charge in [-0.25, -0.2) is 23.3 Å². The summed E-state index contributed by atoms with van der Waals surface area (Å²) in [5.41, 5.74) is 1.69. The molecule has 3 aliphatic rings. The van der Waals surface area contributed by atoms with Gasteiger partial charge >= 0.3 is 6.18 Å². The zero-order chi connectivity index (χ0) is 33.5. The summed E-state index contributed by atoms with van der Waals surface area (Å²) in [7, 11) is 1.95. The van der Waals surface area contributed by atoms with Crippen LogP contribution in [0.3, 0.4) is 0 Å². The number of aromatic nitrogens is 6. The van der Waals surface area contributed by atoms with Crippen LogP contribution >= 0.6 is 0 Å². The van der Waals surface area contributed by atoms with Crippen LogP contribution in [0.25, 0.3) is 5.78 Å². The number of alkyl halides is 5. The molecule has 256 valence electrons. The lowest BCUT2D eigenvalue weighted by Gasteiger charge is -2.34. The standard InChI is InChI=1S/C31H40F5N9O2/c1-3-44-24(9-12-38-44)28(47)40-25(18-7-10-30(32,33)11-8-18)22-17-45-29(39-22)41-26(23-6-4-5-13-43(23)2)21(42-45)15-19-14-20(31(34,35)36)16-37-27(19)46/h9,12,17-20,23,25H,3-8,10-11,13-16H2,1-2H3,(H,37,46)(H,40,47)/t19-,20-,23?,25+/m1/s1. The SMILES string of the molecule is CCn1nccc1C(=O)N[C@H](c1cn2nc(C[C@H]3C[C@@H](C(F)(F)F)CNC3=O)c(C3CCCCN3C)nc2n1)C1CCC(F)(F)CC1. The Morgan fingerprint density at radius 1 is 1.17 bits per heavy atom. The number of carbonyl (C=O) groups excluding carboxylic acids is 2. The van der Waals surface area contributed by atoms with Gasteiger partial charge in [-0.15, -0.1) is 0 Å². The van der Waals surface area contributed by atoms with Gasteiger partial charge in [0.25, 0.3) is 11.7 Å². The number of piperidine rings is 2. The van der Waals surface area contributed by atoms with Crippen molar-refractivity contribution in [2.75, 3.05) is 20.1 Å². The van der Waals surface area contributed by atoms with Crippen LogP contribution in [0.4, 0.5) is 22.0 Å². The molecule has 3 aromatic rings. The van der Waals surface area contributed by atoms with Crippen LogP contribution < -0.4 is 10.6 Å². The van der Waals surface area contributed by atoms with Crippen molar-refractivity contribution in [1.82, 2.24) is 44.9 Å². The first-order valence-corrected chi connectivity index (χ1v) is 16.3. The van der Waals surface area contributed by atoms with E-state index in [4.69, 9.17) is 15.1 Å². The van der Waals surface area contributed by atoms with Crippen LogP contribution in [0.15, 0.2) is 18.5 Å². The highest BCUT2D eigenvalue weighted by Gasteiger charge is 2.45. The van der Waals surface area contributed by atoms with Gasteiger partial charge in [-0.1, -0.05) is 6.42 Å². The van der Waals surface area contributed by atoms with Crippen molar-refractivity contribution in [2.24, 2.45) is 17.8 Å². The van der Waals surface area contributed by atoms with Crippen LogP contribution in [0, 0.1) is 17.8 Å². The quantitative estimate of drug-likeness (QED) is 0.336. The highest BCUT2D eigenvalue weighted by atomic mass is 19.4. The lowest BCUT2D eigenvalue weighted by molar-refractivity contribution is -0.183. The Bertz CT molecular complexity index is 1600. The number of fused-ring (bicyclic) bond motifs is 1. The monoisotopic (exact) mass is 665 g/mol. The Balaban J connectivity index is 1.37. The van der Waals surface area contributed by atoms with Crippen LogP contribution in [-0.4, -0.2) is 78.3 Å². The lowest BCUT2D eigenvalue weighted by Crippen LogP contribution is -2.47. The topological polar surface area (TPSA) is 122 Å². The highest BCUT2D eigenvalue weighted by molar-refractivity contribution is 5.92. The number of nitrogens with one attached hydrogen (secondary N) is 2. The van der Waals surface area contributed by atoms with Gasteiger partial charge in [0.15, 0.2) is 0 Å². The molecule has 47 heavy (non-hydrogen) atoms. The van der Waals surface area contributed by atoms with Gasteiger partial charge in [0.05, 0.1) is 41.3 Å². The van der Waals surface area contributed by atoms with E-state index in [1.165, 1.54) is 15.4 Å². The minimum atomic E-state index is -4.44. The van der Waals surface area contributed by atoms with Gasteiger partial charge in [0.2, 0.25) is 11.8 Å². The van der Waals surface area contributed by atoms with E-state index in [-0.39, 0.29) is 56.3 Å². The van der Waals surface area contributed by atoms with Gasteiger partial charge in [0, 0.05) is 44.5 Å². The van der Waals surface area contributed by atoms with Gasteiger partial charge in [0.1, 0.15) is 5.69 Å². The number of imidazole rings is 1. The van der Waals surface area contributed by atoms with E-state index >= 15 is 0 Å². The van der Waals surface area contributed by atoms with Crippen LogP contribution in [0.1, 0.15) is 97.9 Å². The minimum Gasteiger partial charge on any atom is -0.355 e. The Hall–Kier alpha value is -3.69. The van der Waals surface area contributed by atoms with Gasteiger partial charge < -0.3 is 10.6 Å². The van der Waals surface area contributed by atoms with Gasteiger partial charge in [-0.05, 0) is 64.6 Å². The molecule has 1 aliphatic carbocycles. The second kappa shape index (κ2) is 13.1. The average Bonchev–Trinajstić information content (AvgIpc) is 3.67. The maximum atomic E-state index is 14.2. The zero-order valence-corrected chi connectivity index (χ0v) is 26.4. The lowest BCUT2D eigenvalue weighted by atomic mass is 9.81. The zero-order valence-electron chi connectivity index (χ0n) is 26.4. The summed E-state index contributed by atoms with van der Waals surface area (Å²) < 4.78 is 72.2. The van der Waals surface area contributed by atoms with Crippen molar-refractivity contribution < 1.29 is 31.5 Å². The molecule has 16 heteroatoms. The van der Waals surface area contributed by atoms with Crippen LogP contribution in [-0.2, 0) is 17.8 Å². The molecule has 2 N–H and O–H groups in total. The fourth-order valence-corrected chi connectivity index (χ4v) is 7.25. The molecule has 5 heterocycles. The number of likely N-dealkylation sites (tertiary alicyclic amines) is 1. The third-order valence-electron chi connectivity index (χ3n) is 9.97. The number of carbonyl (C=O) groups is 2. The summed E-state index contributed by atoms with van der Waals surface area (Å²) in [4.78, 5) is 38.0. The van der Waals surface area contributed by atoms with Gasteiger partial charge in [-0.3, -0.25) is 19.2 Å². The fourth-order valence-electron chi connectivity index (χ4n) is 7.25. The van der Waals surface area contributed by atoms with E-state index < -0.39 is 48.3 Å². The van der Waals surface area contributed by atoms with E-state index in [2.05, 4.69) is 20.6 Å². The number of aryl methyl sites for hydroxylation is 1. The second-order valence-corrected chi connectivity index (χ2v) is 13.1. The summed E-state index contributed by atoms with van der Waals surface area (Å²) in [5.74, 6) is -6.37. The maximum Gasteiger partial charge on any atom is 0.393 e. The van der Waals surface area contributed by atoms with Crippen molar-refractivity contribution in [3.05, 3.63) is 41.2 Å². The normalized spacial score (nSPS) is 25.1. The molecule has 4 atom stereocenters. The Kier molecular flexibility index (Phi) is 9.24. The molecule has 2 amide bonds. The predicted octanol–water partition coefficient (Wildman–Crippen LogP) is 4.65. The van der Waals surface area contributed by atoms with Crippen LogP contribution in [0.5, 0.6) is 0 Å². The number of halogens is 5. The molecule has 2 aliphatic heterocycles. The van der Waals surface area contributed by atoms with Crippen molar-refractivity contribution in [1.29, 1.82) is 0 Å². The summed E-state index contributed by atoms with van der Waals surface area (Å²) in [5, 5.41) is 14.4. The van der Waals surface area contributed by atoms with Crippen molar-refractivity contribution >= 4 is 17.6 Å². The molecule has 0 bridgehead atoms. The number of rotatable bonds is 8. The first kappa shape index (κ1) is 33.2. The van der Waals surface area contributed by atoms with Crippen molar-refractivity contribution in [3.8, 4) is 0 Å². The molecular weight excluding hydrogens is 625 g/mol. The average molecular weight is 666 g/mol. The Morgan fingerprint density at radius 3 is 2.64 bits per heavy atom. The largest absolute Gasteiger partial charge is 0.393 e. The molecule has 1 unspecified atom stereocenters. The molecule has 1 saturated carbocycles. The van der Waals surface area contributed by atoms with Crippen molar-refractivity contribution in [3.63, 3.8) is 0 Å². The smallest absolute Gasteiger partial charge is 0.355 e. The molecule has 3 aromatic heterocycles. The molecule has 6 rings (SSSR count). The first-order valence-electron chi connectivity index (χ1n) is 16.3. The predicted molar refractivity (Wildman–Crippen MR) is 159 cm³/mol. The van der Waals surface area contributed by atoms with Crippen LogP contribution in [0.2, 0.25) is 0 Å². The first-order chi connectivity index (χ1) is 22.3. The molecular formula is C31H40F5N9O2. The molecule has 3 fully saturated rings. The fraction of sp³-hybridized carbons (Fsp3) is 0.677. The van der Waals surface area contributed by atoms with Gasteiger partial charge in [-0.2, -0.15) is 23.4 Å². The summed E-state index contributed by atoms with van der Waals surface area (Å²) in [6.45, 7) is 2.66. The van der Waals surface area contributed by atoms with E-state index in [1.54, 1.807) is 12.3 Å². The van der Waals surface area contributed by atoms with E-state index in [0.717, 1.165) is 25.8 Å². The number of hydrogen-bond acceptors (Lipinski definition) is 7. The number of hydrogen-bond donors (Lipinski definition) is 2. The third kappa shape index (κ3) is 7.11. The van der Waals surface area contributed by atoms with E-state index in [0.29, 0.717) is 29.3 Å². The molecule has 11 nitrogen and oxygen atoms in total. The molecule has 0 spiro atoms. The summed E-state index contributed by atoms with van der Waals surface area (Å²) in [6.07, 6.45) is 0.660. The van der Waals surface area contributed by atoms with E-state index in [1.807, 2.05) is 14.0 Å². The van der Waals surface area contributed by atoms with Crippen molar-refractivity contribution in [2.45, 2.75) is 95.4 Å². The highest BCUT2D eigenvalue weighted by Crippen LogP contribution is 2.42. The third-order valence-corrected chi connectivity index (χ3v) is 9.97. The molecule has 2 saturated heterocycles. The maximum absolute atomic E-state index is 14.2. The number of amides is 2.